The molecule has 6 nitrogen and oxygen atoms in total. The van der Waals surface area contributed by atoms with Crippen molar-refractivity contribution in [3.05, 3.63) is 87.4 Å². The average molecular weight is 430 g/mol. The zero-order chi connectivity index (χ0) is 22.8. The van der Waals surface area contributed by atoms with Crippen LogP contribution in [0.25, 0.3) is 0 Å². The number of furan rings is 1. The van der Waals surface area contributed by atoms with Crippen LogP contribution in [-0.2, 0) is 6.42 Å². The molecular weight excluding hydrogens is 402 g/mol. The summed E-state index contributed by atoms with van der Waals surface area (Å²) < 4.78 is 5.97. The van der Waals surface area contributed by atoms with E-state index in [0.717, 1.165) is 57.8 Å². The first-order valence-corrected chi connectivity index (χ1v) is 10.8. The molecule has 0 saturated heterocycles. The van der Waals surface area contributed by atoms with Crippen LogP contribution < -0.4 is 10.7 Å². The number of nitrogens with zero attached hydrogens (tertiary/aromatic N) is 1. The number of anilines is 1. The van der Waals surface area contributed by atoms with E-state index >= 15 is 0 Å². The minimum atomic E-state index is -0.284. The Morgan fingerprint density at radius 2 is 1.66 bits per heavy atom. The van der Waals surface area contributed by atoms with Crippen molar-refractivity contribution in [1.82, 2.24) is 5.43 Å². The third-order valence-corrected chi connectivity index (χ3v) is 5.99. The highest BCUT2D eigenvalue weighted by Crippen LogP contribution is 2.30. The molecular formula is C26H27N3O3. The smallest absolute Gasteiger partial charge is 0.291 e. The number of nitrogens with one attached hydrogen (secondary N) is 2. The van der Waals surface area contributed by atoms with Crippen molar-refractivity contribution in [1.29, 1.82) is 0 Å². The van der Waals surface area contributed by atoms with E-state index in [4.69, 9.17) is 4.42 Å². The molecule has 0 radical (unpaired) electrons. The lowest BCUT2D eigenvalue weighted by Gasteiger charge is -2.13. The first-order valence-electron chi connectivity index (χ1n) is 10.8. The molecule has 6 heteroatoms. The van der Waals surface area contributed by atoms with Crippen LogP contribution in [0.3, 0.4) is 0 Å². The molecule has 4 rings (SSSR count). The summed E-state index contributed by atoms with van der Waals surface area (Å²) in [6.07, 6.45) is 2.29. The van der Waals surface area contributed by atoms with Crippen LogP contribution in [0.4, 0.5) is 5.69 Å². The van der Waals surface area contributed by atoms with Crippen LogP contribution in [0.2, 0.25) is 0 Å². The lowest BCUT2D eigenvalue weighted by molar-refractivity contribution is 0.0953. The highest BCUT2D eigenvalue weighted by atomic mass is 16.4. The van der Waals surface area contributed by atoms with Crippen molar-refractivity contribution in [2.45, 2.75) is 47.0 Å². The second-order valence-corrected chi connectivity index (χ2v) is 8.27. The fourth-order valence-corrected chi connectivity index (χ4v) is 3.95. The normalized spacial score (nSPS) is 14.2. The highest BCUT2D eigenvalue weighted by molar-refractivity contribution is 6.09. The third-order valence-electron chi connectivity index (χ3n) is 5.99. The molecule has 0 atom stereocenters. The largest absolute Gasteiger partial charge is 0.455 e. The summed E-state index contributed by atoms with van der Waals surface area (Å²) in [5, 5.41) is 7.36. The average Bonchev–Trinajstić information content (AvgIpc) is 3.13. The topological polar surface area (TPSA) is 83.7 Å². The van der Waals surface area contributed by atoms with E-state index in [1.807, 2.05) is 58.0 Å². The molecule has 164 valence electrons. The molecule has 1 aliphatic carbocycles. The first kappa shape index (κ1) is 21.6. The Morgan fingerprint density at radius 1 is 0.906 bits per heavy atom. The molecule has 1 aromatic heterocycles. The van der Waals surface area contributed by atoms with Gasteiger partial charge < -0.3 is 9.73 Å². The summed E-state index contributed by atoms with van der Waals surface area (Å²) in [5.74, 6) is 0.478. The summed E-state index contributed by atoms with van der Waals surface area (Å²) in [5.41, 5.74) is 9.49. The molecule has 0 fully saturated rings. The molecule has 0 spiro atoms. The van der Waals surface area contributed by atoms with Gasteiger partial charge in [0, 0.05) is 28.8 Å². The van der Waals surface area contributed by atoms with Gasteiger partial charge in [-0.05, 0) is 69.9 Å². The Hall–Kier alpha value is -3.67. The van der Waals surface area contributed by atoms with Gasteiger partial charge in [0.1, 0.15) is 5.76 Å². The van der Waals surface area contributed by atoms with Gasteiger partial charge in [-0.1, -0.05) is 29.8 Å². The zero-order valence-electron chi connectivity index (χ0n) is 18.8. The SMILES string of the molecule is Cc1ccc(C(=O)N/N=C2\CCCc3oc(C(=O)Nc4cccc(C)c4C)c(C)c32)cc1. The van der Waals surface area contributed by atoms with Crippen LogP contribution in [-0.4, -0.2) is 17.5 Å². The molecule has 2 amide bonds. The number of rotatable bonds is 4. The minimum absolute atomic E-state index is 0.265. The number of hydrazone groups is 1. The fourth-order valence-electron chi connectivity index (χ4n) is 3.95. The summed E-state index contributed by atoms with van der Waals surface area (Å²) in [6, 6.07) is 13.1. The number of fused-ring (bicyclic) bond motifs is 1. The summed E-state index contributed by atoms with van der Waals surface area (Å²) >= 11 is 0. The van der Waals surface area contributed by atoms with Crippen molar-refractivity contribution in [2.75, 3.05) is 5.32 Å². The minimum Gasteiger partial charge on any atom is -0.455 e. The molecule has 1 aliphatic rings. The van der Waals surface area contributed by atoms with Crippen molar-refractivity contribution in [3.8, 4) is 0 Å². The van der Waals surface area contributed by atoms with Crippen molar-refractivity contribution in [2.24, 2.45) is 5.10 Å². The van der Waals surface area contributed by atoms with Gasteiger partial charge in [0.2, 0.25) is 0 Å². The summed E-state index contributed by atoms with van der Waals surface area (Å²) in [6.45, 7) is 7.83. The molecule has 0 bridgehead atoms. The van der Waals surface area contributed by atoms with Crippen molar-refractivity contribution < 1.29 is 14.0 Å². The van der Waals surface area contributed by atoms with E-state index in [-0.39, 0.29) is 17.6 Å². The van der Waals surface area contributed by atoms with Gasteiger partial charge in [-0.3, -0.25) is 9.59 Å². The fraction of sp³-hybridized carbons (Fsp3) is 0.269. The number of hydrogen-bond donors (Lipinski definition) is 2. The third kappa shape index (κ3) is 4.21. The van der Waals surface area contributed by atoms with E-state index in [0.29, 0.717) is 12.0 Å². The maximum Gasteiger partial charge on any atom is 0.291 e. The number of carbonyl (C=O) groups excluding carboxylic acids is 2. The van der Waals surface area contributed by atoms with E-state index in [2.05, 4.69) is 15.8 Å². The van der Waals surface area contributed by atoms with Crippen molar-refractivity contribution in [3.63, 3.8) is 0 Å². The number of benzene rings is 2. The lowest BCUT2D eigenvalue weighted by atomic mass is 9.93. The number of amides is 2. The van der Waals surface area contributed by atoms with Gasteiger partial charge >= 0.3 is 0 Å². The zero-order valence-corrected chi connectivity index (χ0v) is 18.8. The van der Waals surface area contributed by atoms with Gasteiger partial charge in [0.15, 0.2) is 5.76 Å². The van der Waals surface area contributed by atoms with Crippen LogP contribution in [0, 0.1) is 27.7 Å². The van der Waals surface area contributed by atoms with Gasteiger partial charge in [-0.15, -0.1) is 0 Å². The van der Waals surface area contributed by atoms with Gasteiger partial charge in [0.25, 0.3) is 11.8 Å². The van der Waals surface area contributed by atoms with Crippen LogP contribution in [0.1, 0.15) is 67.3 Å². The first-order chi connectivity index (χ1) is 15.3. The molecule has 0 saturated carbocycles. The second-order valence-electron chi connectivity index (χ2n) is 8.27. The van der Waals surface area contributed by atoms with Crippen molar-refractivity contribution >= 4 is 23.2 Å². The Kier molecular flexibility index (Phi) is 5.95. The number of aryl methyl sites for hydroxylation is 3. The highest BCUT2D eigenvalue weighted by Gasteiger charge is 2.28. The lowest BCUT2D eigenvalue weighted by Crippen LogP contribution is -2.22. The summed E-state index contributed by atoms with van der Waals surface area (Å²) in [4.78, 5) is 25.5. The standard InChI is InChI=1S/C26H27N3O3/c1-15-11-13-19(14-12-15)25(30)29-28-21-9-6-10-22-23(21)18(4)24(32-22)26(31)27-20-8-5-7-16(2)17(20)3/h5,7-8,11-14H,6,9-10H2,1-4H3,(H,27,31)(H,29,30)/b28-21+. The molecule has 0 aliphatic heterocycles. The quantitative estimate of drug-likeness (QED) is 0.557. The molecule has 3 aromatic rings. The Balaban J connectivity index is 1.57. The monoisotopic (exact) mass is 429 g/mol. The van der Waals surface area contributed by atoms with E-state index < -0.39 is 0 Å². The molecule has 2 N–H and O–H groups in total. The van der Waals surface area contributed by atoms with Gasteiger partial charge in [-0.2, -0.15) is 5.10 Å². The molecule has 0 unspecified atom stereocenters. The van der Waals surface area contributed by atoms with Crippen LogP contribution in [0.5, 0.6) is 0 Å². The van der Waals surface area contributed by atoms with E-state index in [1.165, 1.54) is 0 Å². The van der Waals surface area contributed by atoms with Crippen LogP contribution in [0.15, 0.2) is 52.0 Å². The van der Waals surface area contributed by atoms with Crippen LogP contribution >= 0.6 is 0 Å². The molecule has 1 heterocycles. The Morgan fingerprint density at radius 3 is 2.41 bits per heavy atom. The van der Waals surface area contributed by atoms with E-state index in [9.17, 15) is 9.59 Å². The molecule has 2 aromatic carbocycles. The van der Waals surface area contributed by atoms with Gasteiger partial charge in [-0.25, -0.2) is 5.43 Å². The maximum atomic E-state index is 13.0. The molecule has 32 heavy (non-hydrogen) atoms. The summed E-state index contributed by atoms with van der Waals surface area (Å²) in [7, 11) is 0. The van der Waals surface area contributed by atoms with E-state index in [1.54, 1.807) is 12.1 Å². The number of carbonyl (C=O) groups is 2. The maximum absolute atomic E-state index is 13.0. The number of hydrogen-bond acceptors (Lipinski definition) is 4. The van der Waals surface area contributed by atoms with Gasteiger partial charge in [0.05, 0.1) is 5.71 Å². The predicted molar refractivity (Wildman–Crippen MR) is 125 cm³/mol. The predicted octanol–water partition coefficient (Wildman–Crippen LogP) is 5.24. The Bertz CT molecular complexity index is 1220. The Labute approximate surface area is 187 Å². The second kappa shape index (κ2) is 8.83.